The van der Waals surface area contributed by atoms with Gasteiger partial charge in [-0.1, -0.05) is 39.8 Å². The molecular formula is C18H26ClNO. The standard InChI is InChI=1S/C18H26ClNO/c1-12(11-18(2,3)4)8-15(19)13-6-7-16-14(9-13)10-17(21)20(16)5/h6-7,9,12,15H,8,10-11H2,1-5H3. The van der Waals surface area contributed by atoms with Crippen LogP contribution in [0.25, 0.3) is 0 Å². The van der Waals surface area contributed by atoms with E-state index in [0.717, 1.165) is 23.2 Å². The molecule has 1 aliphatic rings. The summed E-state index contributed by atoms with van der Waals surface area (Å²) in [6.45, 7) is 9.07. The van der Waals surface area contributed by atoms with Crippen LogP contribution < -0.4 is 4.90 Å². The van der Waals surface area contributed by atoms with Crippen molar-refractivity contribution in [3.63, 3.8) is 0 Å². The second kappa shape index (κ2) is 6.00. The van der Waals surface area contributed by atoms with Crippen LogP contribution in [-0.2, 0) is 11.2 Å². The van der Waals surface area contributed by atoms with Crippen molar-refractivity contribution in [1.29, 1.82) is 0 Å². The largest absolute Gasteiger partial charge is 0.315 e. The molecule has 0 aliphatic carbocycles. The second-order valence-electron chi connectivity index (χ2n) is 7.59. The summed E-state index contributed by atoms with van der Waals surface area (Å²) in [4.78, 5) is 13.5. The van der Waals surface area contributed by atoms with Gasteiger partial charge in [0.2, 0.25) is 5.91 Å². The fourth-order valence-electron chi connectivity index (χ4n) is 3.30. The van der Waals surface area contributed by atoms with Crippen molar-refractivity contribution in [2.24, 2.45) is 11.3 Å². The maximum Gasteiger partial charge on any atom is 0.231 e. The molecule has 2 atom stereocenters. The number of alkyl halides is 1. The number of hydrogen-bond donors (Lipinski definition) is 0. The average molecular weight is 308 g/mol. The summed E-state index contributed by atoms with van der Waals surface area (Å²) in [6, 6.07) is 6.20. The molecule has 0 aromatic heterocycles. The van der Waals surface area contributed by atoms with Crippen LogP contribution >= 0.6 is 11.6 Å². The zero-order valence-electron chi connectivity index (χ0n) is 13.7. The highest BCUT2D eigenvalue weighted by atomic mass is 35.5. The molecule has 1 amide bonds. The zero-order chi connectivity index (χ0) is 15.8. The van der Waals surface area contributed by atoms with Crippen molar-refractivity contribution in [1.82, 2.24) is 0 Å². The molecule has 2 rings (SSSR count). The van der Waals surface area contributed by atoms with Crippen molar-refractivity contribution < 1.29 is 4.79 Å². The van der Waals surface area contributed by atoms with E-state index in [4.69, 9.17) is 11.6 Å². The second-order valence-corrected chi connectivity index (χ2v) is 8.12. The van der Waals surface area contributed by atoms with Crippen LogP contribution in [-0.4, -0.2) is 13.0 Å². The lowest BCUT2D eigenvalue weighted by molar-refractivity contribution is -0.117. The zero-order valence-corrected chi connectivity index (χ0v) is 14.5. The van der Waals surface area contributed by atoms with Gasteiger partial charge in [0.1, 0.15) is 0 Å². The molecule has 2 unspecified atom stereocenters. The molecule has 0 radical (unpaired) electrons. The minimum Gasteiger partial charge on any atom is -0.315 e. The van der Waals surface area contributed by atoms with Crippen molar-refractivity contribution in [3.05, 3.63) is 29.3 Å². The van der Waals surface area contributed by atoms with Gasteiger partial charge in [0.05, 0.1) is 11.8 Å². The number of benzene rings is 1. The van der Waals surface area contributed by atoms with Gasteiger partial charge in [0, 0.05) is 12.7 Å². The molecule has 3 heteroatoms. The minimum atomic E-state index is 0.0219. The van der Waals surface area contributed by atoms with E-state index in [2.05, 4.69) is 39.8 Å². The quantitative estimate of drug-likeness (QED) is 0.721. The third-order valence-corrected chi connectivity index (χ3v) is 4.54. The third kappa shape index (κ3) is 4.00. The average Bonchev–Trinajstić information content (AvgIpc) is 2.62. The van der Waals surface area contributed by atoms with E-state index in [-0.39, 0.29) is 11.3 Å². The number of fused-ring (bicyclic) bond motifs is 1. The molecule has 1 aromatic carbocycles. The van der Waals surface area contributed by atoms with E-state index in [1.165, 1.54) is 6.42 Å². The van der Waals surface area contributed by atoms with Gasteiger partial charge in [-0.05, 0) is 41.4 Å². The van der Waals surface area contributed by atoms with Crippen molar-refractivity contribution in [2.75, 3.05) is 11.9 Å². The van der Waals surface area contributed by atoms with E-state index in [1.54, 1.807) is 4.90 Å². The first-order valence-corrected chi connectivity index (χ1v) is 8.14. The molecular weight excluding hydrogens is 282 g/mol. The number of anilines is 1. The van der Waals surface area contributed by atoms with Gasteiger partial charge >= 0.3 is 0 Å². The number of halogens is 1. The Hall–Kier alpha value is -1.02. The first-order valence-electron chi connectivity index (χ1n) is 7.71. The monoisotopic (exact) mass is 307 g/mol. The Labute approximate surface area is 133 Å². The summed E-state index contributed by atoms with van der Waals surface area (Å²) in [5.41, 5.74) is 3.60. The van der Waals surface area contributed by atoms with E-state index >= 15 is 0 Å². The highest BCUT2D eigenvalue weighted by Crippen LogP contribution is 2.36. The van der Waals surface area contributed by atoms with Crippen LogP contribution in [0.2, 0.25) is 0 Å². The van der Waals surface area contributed by atoms with Gasteiger partial charge in [0.25, 0.3) is 0 Å². The van der Waals surface area contributed by atoms with Crippen LogP contribution in [0.3, 0.4) is 0 Å². The Morgan fingerprint density at radius 1 is 1.33 bits per heavy atom. The molecule has 0 bridgehead atoms. The van der Waals surface area contributed by atoms with Crippen molar-refractivity contribution in [3.8, 4) is 0 Å². The van der Waals surface area contributed by atoms with E-state index in [1.807, 2.05) is 13.1 Å². The molecule has 0 saturated heterocycles. The molecule has 1 aliphatic heterocycles. The minimum absolute atomic E-state index is 0.0219. The third-order valence-electron chi connectivity index (χ3n) is 4.11. The van der Waals surface area contributed by atoms with Crippen LogP contribution in [0.1, 0.15) is 57.0 Å². The first-order chi connectivity index (χ1) is 9.67. The van der Waals surface area contributed by atoms with Crippen LogP contribution in [0.15, 0.2) is 18.2 Å². The first kappa shape index (κ1) is 16.4. The van der Waals surface area contributed by atoms with E-state index < -0.39 is 0 Å². The number of amides is 1. The van der Waals surface area contributed by atoms with Gasteiger partial charge in [-0.2, -0.15) is 0 Å². The maximum atomic E-state index is 11.7. The fourth-order valence-corrected chi connectivity index (χ4v) is 3.74. The molecule has 1 aromatic rings. The van der Waals surface area contributed by atoms with E-state index in [9.17, 15) is 4.79 Å². The number of likely N-dealkylation sites (N-methyl/N-ethyl adjacent to an activating group) is 1. The lowest BCUT2D eigenvalue weighted by Crippen LogP contribution is -2.20. The predicted octanol–water partition coefficient (Wildman–Crippen LogP) is 4.95. The van der Waals surface area contributed by atoms with Gasteiger partial charge in [0.15, 0.2) is 0 Å². The molecule has 1 heterocycles. The summed E-state index contributed by atoms with van der Waals surface area (Å²) in [6.07, 6.45) is 2.64. The van der Waals surface area contributed by atoms with Gasteiger partial charge in [-0.3, -0.25) is 4.79 Å². The van der Waals surface area contributed by atoms with Gasteiger partial charge in [-0.25, -0.2) is 0 Å². The summed E-state index contributed by atoms with van der Waals surface area (Å²) >= 11 is 6.61. The topological polar surface area (TPSA) is 20.3 Å². The number of rotatable bonds is 4. The molecule has 0 spiro atoms. The Morgan fingerprint density at radius 3 is 2.62 bits per heavy atom. The number of carbonyl (C=O) groups is 1. The van der Waals surface area contributed by atoms with E-state index in [0.29, 0.717) is 17.8 Å². The Bertz CT molecular complexity index is 533. The van der Waals surface area contributed by atoms with Crippen LogP contribution in [0, 0.1) is 11.3 Å². The molecule has 0 fully saturated rings. The Kier molecular flexibility index (Phi) is 4.67. The number of hydrogen-bond acceptors (Lipinski definition) is 1. The lowest BCUT2D eigenvalue weighted by Gasteiger charge is -2.25. The summed E-state index contributed by atoms with van der Waals surface area (Å²) in [5, 5.41) is 0.0219. The van der Waals surface area contributed by atoms with Gasteiger partial charge in [-0.15, -0.1) is 11.6 Å². The highest BCUT2D eigenvalue weighted by Gasteiger charge is 2.25. The van der Waals surface area contributed by atoms with Crippen LogP contribution in [0.5, 0.6) is 0 Å². The lowest BCUT2D eigenvalue weighted by atomic mass is 9.83. The summed E-state index contributed by atoms with van der Waals surface area (Å²) < 4.78 is 0. The smallest absolute Gasteiger partial charge is 0.231 e. The fraction of sp³-hybridized carbons (Fsp3) is 0.611. The van der Waals surface area contributed by atoms with Crippen LogP contribution in [0.4, 0.5) is 5.69 Å². The maximum absolute atomic E-state index is 11.7. The Balaban J connectivity index is 2.06. The predicted molar refractivity (Wildman–Crippen MR) is 90.0 cm³/mol. The molecule has 21 heavy (non-hydrogen) atoms. The van der Waals surface area contributed by atoms with Crippen molar-refractivity contribution >= 4 is 23.2 Å². The Morgan fingerprint density at radius 2 is 2.00 bits per heavy atom. The SMILES string of the molecule is CC(CC(Cl)c1ccc2c(c1)CC(=O)N2C)CC(C)(C)C. The normalized spacial score (nSPS) is 17.8. The highest BCUT2D eigenvalue weighted by molar-refractivity contribution is 6.20. The molecule has 0 saturated carbocycles. The summed E-state index contributed by atoms with van der Waals surface area (Å²) in [7, 11) is 1.83. The molecule has 116 valence electrons. The summed E-state index contributed by atoms with van der Waals surface area (Å²) in [5.74, 6) is 0.749. The molecule has 2 nitrogen and oxygen atoms in total. The number of nitrogens with zero attached hydrogens (tertiary/aromatic N) is 1. The molecule has 0 N–H and O–H groups in total. The van der Waals surface area contributed by atoms with Gasteiger partial charge < -0.3 is 4.90 Å². The van der Waals surface area contributed by atoms with Crippen molar-refractivity contribution in [2.45, 2.75) is 52.3 Å². The number of carbonyl (C=O) groups excluding carboxylic acids is 1.